The van der Waals surface area contributed by atoms with E-state index in [1.165, 1.54) is 28.8 Å². The molecule has 0 aliphatic carbocycles. The van der Waals surface area contributed by atoms with Crippen LogP contribution in [0.3, 0.4) is 0 Å². The molecule has 5 rings (SSSR count). The highest BCUT2D eigenvalue weighted by Gasteiger charge is 2.59. The molecule has 164 valence electrons. The van der Waals surface area contributed by atoms with Gasteiger partial charge in [0.05, 0.1) is 11.1 Å². The highest BCUT2D eigenvalue weighted by Crippen LogP contribution is 2.52. The van der Waals surface area contributed by atoms with Crippen LogP contribution in [0.15, 0.2) is 69.9 Å². The van der Waals surface area contributed by atoms with Crippen LogP contribution in [0.2, 0.25) is 0 Å². The molecule has 1 amide bonds. The number of para-hydroxylation sites is 1. The number of likely N-dealkylation sites (N-methyl/N-ethyl adjacent to an activating group) is 1. The van der Waals surface area contributed by atoms with Crippen LogP contribution < -0.4 is 21.5 Å². The fourth-order valence-corrected chi connectivity index (χ4v) is 5.25. The molecule has 2 aliphatic heterocycles. The number of nitrogens with zero attached hydrogens (tertiary/aromatic N) is 3. The number of halogens is 1. The molecule has 2 aliphatic rings. The van der Waals surface area contributed by atoms with Crippen molar-refractivity contribution in [2.75, 3.05) is 17.3 Å². The molecular formula is C23H17FN6O2S. The Labute approximate surface area is 191 Å². The van der Waals surface area contributed by atoms with Crippen molar-refractivity contribution in [3.63, 3.8) is 0 Å². The summed E-state index contributed by atoms with van der Waals surface area (Å²) in [6.45, 7) is 0. The number of carbonyl (C=O) groups is 1. The van der Waals surface area contributed by atoms with Gasteiger partial charge < -0.3 is 20.9 Å². The Morgan fingerprint density at radius 2 is 2.03 bits per heavy atom. The molecule has 4 N–H and O–H groups in total. The number of benzene rings is 2. The van der Waals surface area contributed by atoms with Gasteiger partial charge in [0.15, 0.2) is 5.16 Å². The molecule has 1 spiro atoms. The summed E-state index contributed by atoms with van der Waals surface area (Å²) in [6, 6.07) is 15.1. The summed E-state index contributed by atoms with van der Waals surface area (Å²) in [4.78, 5) is 35.6. The summed E-state index contributed by atoms with van der Waals surface area (Å²) in [5, 5.41) is 13.1. The predicted octanol–water partition coefficient (Wildman–Crippen LogP) is 2.58. The largest absolute Gasteiger partial charge is 0.384 e. The number of anilines is 2. The lowest BCUT2D eigenvalue weighted by Crippen LogP contribution is -2.49. The van der Waals surface area contributed by atoms with Crippen LogP contribution in [0.5, 0.6) is 0 Å². The summed E-state index contributed by atoms with van der Waals surface area (Å²) >= 11 is 1.20. The molecule has 1 aromatic heterocycles. The number of hydrogen-bond donors (Lipinski definition) is 3. The number of nitrogens with two attached hydrogens (primary N) is 1. The number of nitrogens with one attached hydrogen (secondary N) is 2. The number of fused-ring (bicyclic) bond motifs is 4. The number of thioether (sulfide) groups is 1. The van der Waals surface area contributed by atoms with Gasteiger partial charge in [-0.05, 0) is 23.8 Å². The van der Waals surface area contributed by atoms with Crippen molar-refractivity contribution in [2.45, 2.75) is 16.3 Å². The van der Waals surface area contributed by atoms with Crippen LogP contribution in [0.4, 0.5) is 15.9 Å². The van der Waals surface area contributed by atoms with Gasteiger partial charge in [-0.2, -0.15) is 5.26 Å². The Morgan fingerprint density at radius 1 is 1.24 bits per heavy atom. The van der Waals surface area contributed by atoms with Crippen LogP contribution in [-0.2, 0) is 16.0 Å². The van der Waals surface area contributed by atoms with E-state index in [1.54, 1.807) is 43.4 Å². The summed E-state index contributed by atoms with van der Waals surface area (Å²) in [6.07, 6.45) is 0. The second-order valence-electron chi connectivity index (χ2n) is 7.67. The van der Waals surface area contributed by atoms with Crippen LogP contribution >= 0.6 is 11.8 Å². The summed E-state index contributed by atoms with van der Waals surface area (Å²) < 4.78 is 13.5. The standard InChI is InChI=1S/C23H17FN6O2S/c1-30-16-8-3-2-7-14(16)23(21(30)32)15(10-25)18(26)27-19-17(23)20(31)29-22(28-19)33-11-12-5-4-6-13(24)9-12/h2-9H,11,26H2,1H3,(H2,27,28,29,31). The quantitative estimate of drug-likeness (QED) is 0.405. The Hall–Kier alpha value is -4.10. The minimum Gasteiger partial charge on any atom is -0.384 e. The van der Waals surface area contributed by atoms with E-state index in [9.17, 15) is 19.2 Å². The normalized spacial score (nSPS) is 18.7. The lowest BCUT2D eigenvalue weighted by Gasteiger charge is -2.33. The third-order valence-electron chi connectivity index (χ3n) is 5.84. The molecule has 3 aromatic rings. The topological polar surface area (TPSA) is 128 Å². The Balaban J connectivity index is 1.67. The van der Waals surface area contributed by atoms with Gasteiger partial charge in [-0.25, -0.2) is 9.37 Å². The smallest absolute Gasteiger partial charge is 0.258 e. The number of aromatic amines is 1. The van der Waals surface area contributed by atoms with E-state index in [2.05, 4.69) is 15.3 Å². The maximum atomic E-state index is 13.6. The summed E-state index contributed by atoms with van der Waals surface area (Å²) in [5.74, 6) is -0.381. The lowest BCUT2D eigenvalue weighted by atomic mass is 9.69. The Morgan fingerprint density at radius 3 is 2.79 bits per heavy atom. The molecule has 10 heteroatoms. The monoisotopic (exact) mass is 460 g/mol. The van der Waals surface area contributed by atoms with E-state index < -0.39 is 16.9 Å². The van der Waals surface area contributed by atoms with Crippen molar-refractivity contribution < 1.29 is 9.18 Å². The van der Waals surface area contributed by atoms with Gasteiger partial charge in [-0.15, -0.1) is 0 Å². The highest BCUT2D eigenvalue weighted by molar-refractivity contribution is 7.98. The van der Waals surface area contributed by atoms with Crippen LogP contribution in [0, 0.1) is 17.1 Å². The van der Waals surface area contributed by atoms with Crippen molar-refractivity contribution >= 4 is 29.2 Å². The molecule has 0 saturated carbocycles. The van der Waals surface area contributed by atoms with Crippen molar-refractivity contribution in [2.24, 2.45) is 5.73 Å². The van der Waals surface area contributed by atoms with Crippen molar-refractivity contribution in [3.8, 4) is 6.07 Å². The van der Waals surface area contributed by atoms with Crippen LogP contribution in [0.25, 0.3) is 0 Å². The first-order valence-corrected chi connectivity index (χ1v) is 10.9. The minimum absolute atomic E-state index is 0.0187. The van der Waals surface area contributed by atoms with Gasteiger partial charge in [0.1, 0.15) is 28.9 Å². The van der Waals surface area contributed by atoms with Crippen LogP contribution in [0.1, 0.15) is 16.7 Å². The van der Waals surface area contributed by atoms with Crippen molar-refractivity contribution in [1.82, 2.24) is 9.97 Å². The number of aromatic nitrogens is 2. The van der Waals surface area contributed by atoms with Gasteiger partial charge in [-0.1, -0.05) is 42.1 Å². The molecule has 2 aromatic carbocycles. The molecule has 0 fully saturated rings. The first-order chi connectivity index (χ1) is 15.9. The summed E-state index contributed by atoms with van der Waals surface area (Å²) in [7, 11) is 1.59. The molecule has 0 bridgehead atoms. The zero-order valence-corrected chi connectivity index (χ0v) is 18.2. The molecule has 1 atom stereocenters. The zero-order valence-electron chi connectivity index (χ0n) is 17.3. The minimum atomic E-state index is -1.70. The third kappa shape index (κ3) is 2.93. The van der Waals surface area contributed by atoms with E-state index in [4.69, 9.17) is 5.73 Å². The van der Waals surface area contributed by atoms with E-state index in [1.807, 2.05) is 6.07 Å². The van der Waals surface area contributed by atoms with E-state index in [-0.39, 0.29) is 33.7 Å². The maximum Gasteiger partial charge on any atom is 0.258 e. The molecule has 1 unspecified atom stereocenters. The van der Waals surface area contributed by atoms with Gasteiger partial charge in [0, 0.05) is 24.1 Å². The Bertz CT molecular complexity index is 1460. The Kier molecular flexibility index (Phi) is 4.72. The van der Waals surface area contributed by atoms with E-state index in [0.29, 0.717) is 17.0 Å². The van der Waals surface area contributed by atoms with Gasteiger partial charge in [0.2, 0.25) is 5.91 Å². The van der Waals surface area contributed by atoms with Gasteiger partial charge >= 0.3 is 0 Å². The van der Waals surface area contributed by atoms with E-state index >= 15 is 0 Å². The van der Waals surface area contributed by atoms with Gasteiger partial charge in [0.25, 0.3) is 5.56 Å². The van der Waals surface area contributed by atoms with Gasteiger partial charge in [-0.3, -0.25) is 9.59 Å². The average Bonchev–Trinajstić information content (AvgIpc) is 3.00. The second-order valence-corrected chi connectivity index (χ2v) is 8.63. The molecular weight excluding hydrogens is 443 g/mol. The number of hydrogen-bond acceptors (Lipinski definition) is 7. The lowest BCUT2D eigenvalue weighted by molar-refractivity contribution is -0.120. The first kappa shape index (κ1) is 20.8. The zero-order chi connectivity index (χ0) is 23.3. The second kappa shape index (κ2) is 7.50. The number of H-pyrrole nitrogens is 1. The number of carbonyl (C=O) groups excluding carboxylic acids is 1. The first-order valence-electron chi connectivity index (χ1n) is 9.95. The van der Waals surface area contributed by atoms with Crippen LogP contribution in [-0.4, -0.2) is 22.9 Å². The fourth-order valence-electron chi connectivity index (χ4n) is 4.44. The highest BCUT2D eigenvalue weighted by atomic mass is 32.2. The fraction of sp³-hybridized carbons (Fsp3) is 0.130. The molecule has 8 nitrogen and oxygen atoms in total. The number of amides is 1. The third-order valence-corrected chi connectivity index (χ3v) is 6.79. The molecule has 3 heterocycles. The number of nitriles is 1. The number of rotatable bonds is 3. The van der Waals surface area contributed by atoms with Crippen molar-refractivity contribution in [3.05, 3.63) is 92.8 Å². The molecule has 0 saturated heterocycles. The molecule has 33 heavy (non-hydrogen) atoms. The van der Waals surface area contributed by atoms with Crippen molar-refractivity contribution in [1.29, 1.82) is 5.26 Å². The predicted molar refractivity (Wildman–Crippen MR) is 122 cm³/mol. The SMILES string of the molecule is CN1C(=O)C2(C(C#N)=C(N)Nc3nc(SCc4cccc(F)c4)[nH]c(=O)c32)c2ccccc21. The van der Waals surface area contributed by atoms with E-state index in [0.717, 1.165) is 5.56 Å². The molecule has 0 radical (unpaired) electrons. The summed E-state index contributed by atoms with van der Waals surface area (Å²) in [5.41, 5.74) is 5.68. The average molecular weight is 460 g/mol. The maximum absolute atomic E-state index is 13.6.